The molecule has 0 saturated carbocycles. The number of nitrogens with zero attached hydrogens (tertiary/aromatic N) is 1. The number of hydrogen-bond acceptors (Lipinski definition) is 5. The van der Waals surface area contributed by atoms with E-state index in [2.05, 4.69) is 17.0 Å². The maximum atomic E-state index is 12.5. The van der Waals surface area contributed by atoms with Crippen LogP contribution >= 0.6 is 12.4 Å². The molecule has 128 valence electrons. The zero-order valence-electron chi connectivity index (χ0n) is 13.3. The van der Waals surface area contributed by atoms with Crippen molar-refractivity contribution < 1.29 is 13.2 Å². The molecule has 0 amide bonds. The van der Waals surface area contributed by atoms with Crippen molar-refractivity contribution in [1.82, 2.24) is 10.0 Å². The number of methoxy groups -OCH3 is 1. The fraction of sp³-hybridized carbons (Fsp3) is 0.533. The monoisotopic (exact) mass is 359 g/mol. The Kier molecular flexibility index (Phi) is 6.84. The first-order valence-electron chi connectivity index (χ1n) is 7.19. The zero-order chi connectivity index (χ0) is 16.2. The highest BCUT2D eigenvalue weighted by atomic mass is 35.5. The molecular weight excluding hydrogens is 338 g/mol. The number of rotatable bonds is 5. The lowest BCUT2D eigenvalue weighted by atomic mass is 9.81. The predicted molar refractivity (Wildman–Crippen MR) is 90.4 cm³/mol. The maximum Gasteiger partial charge on any atom is 0.244 e. The lowest BCUT2D eigenvalue weighted by Crippen LogP contribution is -2.42. The summed E-state index contributed by atoms with van der Waals surface area (Å²) >= 11 is 0. The third kappa shape index (κ3) is 4.82. The van der Waals surface area contributed by atoms with E-state index in [1.807, 2.05) is 6.07 Å². The molecule has 2 rings (SSSR count). The summed E-state index contributed by atoms with van der Waals surface area (Å²) in [5.74, 6) is 0.182. The summed E-state index contributed by atoms with van der Waals surface area (Å²) in [4.78, 5) is 0.0616. The van der Waals surface area contributed by atoms with Crippen molar-refractivity contribution in [3.63, 3.8) is 0 Å². The van der Waals surface area contributed by atoms with Crippen LogP contribution in [0.3, 0.4) is 0 Å². The third-order valence-corrected chi connectivity index (χ3v) is 5.52. The van der Waals surface area contributed by atoms with Gasteiger partial charge in [0.2, 0.25) is 10.0 Å². The van der Waals surface area contributed by atoms with E-state index in [4.69, 9.17) is 10.00 Å². The molecule has 2 N–H and O–H groups in total. The van der Waals surface area contributed by atoms with Gasteiger partial charge in [0.1, 0.15) is 10.6 Å². The zero-order valence-corrected chi connectivity index (χ0v) is 14.9. The van der Waals surface area contributed by atoms with E-state index in [-0.39, 0.29) is 28.5 Å². The van der Waals surface area contributed by atoms with Gasteiger partial charge in [0.25, 0.3) is 0 Å². The van der Waals surface area contributed by atoms with E-state index >= 15 is 0 Å². The maximum absolute atomic E-state index is 12.5. The highest BCUT2D eigenvalue weighted by Gasteiger charge is 2.29. The molecule has 0 aliphatic carbocycles. The molecule has 1 aliphatic heterocycles. The van der Waals surface area contributed by atoms with E-state index in [1.54, 1.807) is 0 Å². The molecule has 0 atom stereocenters. The topological polar surface area (TPSA) is 91.2 Å². The van der Waals surface area contributed by atoms with Gasteiger partial charge in [-0.05, 0) is 49.5 Å². The van der Waals surface area contributed by atoms with Crippen LogP contribution in [-0.4, -0.2) is 35.2 Å². The molecule has 1 aromatic rings. The molecule has 1 saturated heterocycles. The minimum absolute atomic E-state index is 0. The van der Waals surface area contributed by atoms with Gasteiger partial charge in [-0.1, -0.05) is 6.92 Å². The smallest absolute Gasteiger partial charge is 0.244 e. The molecule has 0 spiro atoms. The fourth-order valence-electron chi connectivity index (χ4n) is 2.51. The first-order chi connectivity index (χ1) is 10.4. The molecule has 0 radical (unpaired) electrons. The Labute approximate surface area is 143 Å². The number of nitriles is 1. The average molecular weight is 360 g/mol. The quantitative estimate of drug-likeness (QED) is 0.834. The Balaban J connectivity index is 0.00000264. The van der Waals surface area contributed by atoms with E-state index in [9.17, 15) is 8.42 Å². The largest absolute Gasteiger partial charge is 0.495 e. The van der Waals surface area contributed by atoms with Crippen molar-refractivity contribution >= 4 is 22.4 Å². The minimum atomic E-state index is -3.67. The van der Waals surface area contributed by atoms with Crippen LogP contribution in [0.25, 0.3) is 0 Å². The molecule has 23 heavy (non-hydrogen) atoms. The van der Waals surface area contributed by atoms with Gasteiger partial charge in [0, 0.05) is 6.54 Å². The first kappa shape index (κ1) is 19.7. The van der Waals surface area contributed by atoms with Crippen LogP contribution in [0.1, 0.15) is 25.3 Å². The Bertz CT molecular complexity index is 680. The van der Waals surface area contributed by atoms with Crippen molar-refractivity contribution in [3.05, 3.63) is 23.8 Å². The highest BCUT2D eigenvalue weighted by Crippen LogP contribution is 2.29. The molecule has 1 fully saturated rings. The van der Waals surface area contributed by atoms with Crippen LogP contribution in [0.5, 0.6) is 5.75 Å². The van der Waals surface area contributed by atoms with Gasteiger partial charge in [0.15, 0.2) is 0 Å². The molecule has 0 aromatic heterocycles. The fourth-order valence-corrected chi connectivity index (χ4v) is 3.86. The van der Waals surface area contributed by atoms with E-state index in [0.717, 1.165) is 25.9 Å². The Hall–Kier alpha value is -1.33. The number of halogens is 1. The average Bonchev–Trinajstić information content (AvgIpc) is 2.53. The SMILES string of the molecule is COc1cc(C#N)ccc1S(=O)(=O)NCC1(C)CCNCC1.Cl. The molecule has 1 aromatic carbocycles. The third-order valence-electron chi connectivity index (χ3n) is 4.08. The second kappa shape index (κ2) is 7.97. The lowest BCUT2D eigenvalue weighted by Gasteiger charge is -2.34. The molecule has 6 nitrogen and oxygen atoms in total. The predicted octanol–water partition coefficient (Wildman–Crippen LogP) is 1.66. The second-order valence-electron chi connectivity index (χ2n) is 5.86. The van der Waals surface area contributed by atoms with Gasteiger partial charge < -0.3 is 10.1 Å². The molecule has 8 heteroatoms. The summed E-state index contributed by atoms with van der Waals surface area (Å²) in [6.45, 7) is 4.28. The number of hydrogen-bond donors (Lipinski definition) is 2. The van der Waals surface area contributed by atoms with Gasteiger partial charge in [0.05, 0.1) is 18.7 Å². The van der Waals surface area contributed by atoms with E-state index in [1.165, 1.54) is 25.3 Å². The molecule has 0 unspecified atom stereocenters. The van der Waals surface area contributed by atoms with Crippen molar-refractivity contribution in [2.24, 2.45) is 5.41 Å². The normalized spacial score (nSPS) is 16.9. The van der Waals surface area contributed by atoms with Crippen LogP contribution < -0.4 is 14.8 Å². The summed E-state index contributed by atoms with van der Waals surface area (Å²) in [6, 6.07) is 6.28. The number of sulfonamides is 1. The number of nitrogens with one attached hydrogen (secondary N) is 2. The minimum Gasteiger partial charge on any atom is -0.495 e. The van der Waals surface area contributed by atoms with Crippen LogP contribution in [0, 0.1) is 16.7 Å². The lowest BCUT2D eigenvalue weighted by molar-refractivity contribution is 0.232. The van der Waals surface area contributed by atoms with Crippen molar-refractivity contribution in [1.29, 1.82) is 5.26 Å². The van der Waals surface area contributed by atoms with Crippen LogP contribution in [0.15, 0.2) is 23.1 Å². The van der Waals surface area contributed by atoms with Crippen molar-refractivity contribution in [2.75, 3.05) is 26.7 Å². The van der Waals surface area contributed by atoms with Gasteiger partial charge in [-0.3, -0.25) is 0 Å². The summed E-state index contributed by atoms with van der Waals surface area (Å²) in [7, 11) is -2.28. The number of benzene rings is 1. The summed E-state index contributed by atoms with van der Waals surface area (Å²) in [5.41, 5.74) is 0.319. The van der Waals surface area contributed by atoms with Crippen molar-refractivity contribution in [2.45, 2.75) is 24.7 Å². The molecule has 1 aliphatic rings. The molecule has 1 heterocycles. The van der Waals surface area contributed by atoms with Crippen LogP contribution in [-0.2, 0) is 10.0 Å². The van der Waals surface area contributed by atoms with E-state index in [0.29, 0.717) is 12.1 Å². The Morgan fingerprint density at radius 3 is 2.61 bits per heavy atom. The Morgan fingerprint density at radius 1 is 1.39 bits per heavy atom. The van der Waals surface area contributed by atoms with E-state index < -0.39 is 10.0 Å². The number of ether oxygens (including phenoxy) is 1. The highest BCUT2D eigenvalue weighted by molar-refractivity contribution is 7.89. The number of piperidine rings is 1. The van der Waals surface area contributed by atoms with Crippen LogP contribution in [0.4, 0.5) is 0 Å². The molecular formula is C15H22ClN3O3S. The van der Waals surface area contributed by atoms with Gasteiger partial charge in [-0.2, -0.15) is 5.26 Å². The van der Waals surface area contributed by atoms with Gasteiger partial charge >= 0.3 is 0 Å². The van der Waals surface area contributed by atoms with Crippen LogP contribution in [0.2, 0.25) is 0 Å². The summed E-state index contributed by atoms with van der Waals surface area (Å²) in [5, 5.41) is 12.2. The Morgan fingerprint density at radius 2 is 2.04 bits per heavy atom. The summed E-state index contributed by atoms with van der Waals surface area (Å²) in [6.07, 6.45) is 1.86. The van der Waals surface area contributed by atoms with Gasteiger partial charge in [-0.15, -0.1) is 12.4 Å². The first-order valence-corrected chi connectivity index (χ1v) is 8.67. The second-order valence-corrected chi connectivity index (χ2v) is 7.60. The van der Waals surface area contributed by atoms with Crippen molar-refractivity contribution in [3.8, 4) is 11.8 Å². The summed E-state index contributed by atoms with van der Waals surface area (Å²) < 4.78 is 32.8. The molecule has 0 bridgehead atoms. The standard InChI is InChI=1S/C15H21N3O3S.ClH/c1-15(5-7-17-8-6-15)11-18-22(19,20)14-4-3-12(10-16)9-13(14)21-2;/h3-4,9,17-18H,5-8,11H2,1-2H3;1H. The van der Waals surface area contributed by atoms with Gasteiger partial charge in [-0.25, -0.2) is 13.1 Å².